The van der Waals surface area contributed by atoms with Gasteiger partial charge in [-0.25, -0.2) is 4.39 Å². The molecule has 2 amide bonds. The highest BCUT2D eigenvalue weighted by Gasteiger charge is 2.34. The fourth-order valence-electron chi connectivity index (χ4n) is 2.51. The molecule has 4 N–H and O–H groups in total. The van der Waals surface area contributed by atoms with Gasteiger partial charge in [0.1, 0.15) is 5.82 Å². The van der Waals surface area contributed by atoms with Crippen LogP contribution in [0, 0.1) is 22.4 Å². The largest absolute Gasteiger partial charge is 0.391 e. The van der Waals surface area contributed by atoms with Crippen LogP contribution in [-0.4, -0.2) is 47.6 Å². The third kappa shape index (κ3) is 8.90. The summed E-state index contributed by atoms with van der Waals surface area (Å²) in [6.45, 7) is 7.23. The van der Waals surface area contributed by atoms with E-state index in [2.05, 4.69) is 16.5 Å². The van der Waals surface area contributed by atoms with Crippen molar-refractivity contribution >= 4 is 42.5 Å². The van der Waals surface area contributed by atoms with Gasteiger partial charge in [0.2, 0.25) is 12.3 Å². The van der Waals surface area contributed by atoms with Gasteiger partial charge in [0.05, 0.1) is 17.7 Å². The van der Waals surface area contributed by atoms with Crippen molar-refractivity contribution in [3.8, 4) is 11.2 Å². The van der Waals surface area contributed by atoms with Crippen LogP contribution in [0.3, 0.4) is 0 Å². The minimum Gasteiger partial charge on any atom is -0.391 e. The Morgan fingerprint density at radius 2 is 2.24 bits per heavy atom. The minimum atomic E-state index is -0.479. The summed E-state index contributed by atoms with van der Waals surface area (Å²) in [5, 5.41) is 14.5. The molecule has 29 heavy (non-hydrogen) atoms. The second-order valence-electron chi connectivity index (χ2n) is 7.69. The van der Waals surface area contributed by atoms with Crippen molar-refractivity contribution in [2.75, 3.05) is 13.1 Å². The SMILES string of the molecule is CC(C)(C)[C@H](N)C(=O)N1CCC(O)C1.O=CNCc1ccc(C#CSI)c(F)c1. The number of nitrogens with one attached hydrogen (secondary N) is 1. The van der Waals surface area contributed by atoms with E-state index in [4.69, 9.17) is 5.73 Å². The molecule has 1 fully saturated rings. The average Bonchev–Trinajstić information content (AvgIpc) is 3.10. The van der Waals surface area contributed by atoms with Gasteiger partial charge in [-0.15, -0.1) is 0 Å². The Balaban J connectivity index is 0.000000291. The summed E-state index contributed by atoms with van der Waals surface area (Å²) >= 11 is 2.02. The lowest BCUT2D eigenvalue weighted by Crippen LogP contribution is -2.49. The van der Waals surface area contributed by atoms with Crippen LogP contribution in [0.5, 0.6) is 0 Å². The monoisotopic (exact) mass is 535 g/mol. The van der Waals surface area contributed by atoms with E-state index in [1.165, 1.54) is 15.0 Å². The number of hydrogen-bond acceptors (Lipinski definition) is 5. The molecule has 1 saturated heterocycles. The Morgan fingerprint density at radius 3 is 2.72 bits per heavy atom. The summed E-state index contributed by atoms with van der Waals surface area (Å²) < 4.78 is 13.4. The second-order valence-corrected chi connectivity index (χ2v) is 9.37. The van der Waals surface area contributed by atoms with Crippen LogP contribution in [0.25, 0.3) is 0 Å². The number of β-amino-alcohol motifs (C(OH)–C–C–N with tert-alkyl or cyclic N) is 1. The summed E-state index contributed by atoms with van der Waals surface area (Å²) in [5.74, 6) is 2.28. The van der Waals surface area contributed by atoms with Crippen LogP contribution in [0.4, 0.5) is 4.39 Å². The fourth-order valence-corrected chi connectivity index (χ4v) is 2.99. The molecule has 1 aliphatic rings. The summed E-state index contributed by atoms with van der Waals surface area (Å²) in [6, 6.07) is 4.24. The van der Waals surface area contributed by atoms with Crippen LogP contribution in [0.1, 0.15) is 38.3 Å². The zero-order chi connectivity index (χ0) is 22.0. The number of likely N-dealkylation sites (tertiary alicyclic amines) is 1. The first-order chi connectivity index (χ1) is 13.6. The molecule has 0 spiro atoms. The first kappa shape index (κ1) is 25.7. The molecule has 2 rings (SSSR count). The summed E-state index contributed by atoms with van der Waals surface area (Å²) in [4.78, 5) is 23.5. The maximum atomic E-state index is 13.4. The van der Waals surface area contributed by atoms with Gasteiger partial charge in [0.25, 0.3) is 0 Å². The molecule has 2 atom stereocenters. The normalized spacial score (nSPS) is 16.8. The number of aliphatic hydroxyl groups is 1. The molecule has 9 heteroatoms. The quantitative estimate of drug-likeness (QED) is 0.313. The molecular weight excluding hydrogens is 508 g/mol. The number of carbonyl (C=O) groups excluding carboxylic acids is 2. The van der Waals surface area contributed by atoms with E-state index in [1.807, 2.05) is 42.0 Å². The number of nitrogens with zero attached hydrogens (tertiary/aromatic N) is 1. The molecule has 1 heterocycles. The first-order valence-corrected chi connectivity index (χ1v) is 12.4. The van der Waals surface area contributed by atoms with Crippen molar-refractivity contribution in [1.29, 1.82) is 0 Å². The van der Waals surface area contributed by atoms with Crippen molar-refractivity contribution in [3.63, 3.8) is 0 Å². The Kier molecular flexibility index (Phi) is 11.0. The van der Waals surface area contributed by atoms with E-state index in [0.29, 0.717) is 43.6 Å². The van der Waals surface area contributed by atoms with Gasteiger partial charge in [-0.3, -0.25) is 9.59 Å². The van der Waals surface area contributed by atoms with Crippen LogP contribution in [0.15, 0.2) is 18.2 Å². The van der Waals surface area contributed by atoms with E-state index in [0.717, 1.165) is 0 Å². The lowest BCUT2D eigenvalue weighted by atomic mass is 9.86. The molecule has 0 radical (unpaired) electrons. The van der Waals surface area contributed by atoms with Gasteiger partial charge in [-0.05, 0) is 43.7 Å². The highest BCUT2D eigenvalue weighted by Crippen LogP contribution is 2.21. The Morgan fingerprint density at radius 1 is 1.55 bits per heavy atom. The van der Waals surface area contributed by atoms with Gasteiger partial charge >= 0.3 is 0 Å². The molecule has 1 aromatic rings. The smallest absolute Gasteiger partial charge is 0.240 e. The Hall–Kier alpha value is -1.35. The average molecular weight is 535 g/mol. The topological polar surface area (TPSA) is 95.7 Å². The molecular formula is C20H27FIN3O3S. The molecule has 0 aliphatic carbocycles. The van der Waals surface area contributed by atoms with Crippen molar-refractivity contribution in [3.05, 3.63) is 35.1 Å². The Bertz CT molecular complexity index is 762. The highest BCUT2D eigenvalue weighted by molar-refractivity contribution is 14.2. The number of hydrogen-bond donors (Lipinski definition) is 3. The first-order valence-electron chi connectivity index (χ1n) is 9.06. The molecule has 1 aromatic carbocycles. The molecule has 0 saturated carbocycles. The van der Waals surface area contributed by atoms with Gasteiger partial charge in [0.15, 0.2) is 0 Å². The van der Waals surface area contributed by atoms with E-state index in [-0.39, 0.29) is 23.2 Å². The third-order valence-electron chi connectivity index (χ3n) is 4.32. The number of halogens is 2. The predicted octanol–water partition coefficient (Wildman–Crippen LogP) is 2.42. The second kappa shape index (κ2) is 12.4. The lowest BCUT2D eigenvalue weighted by molar-refractivity contribution is -0.134. The zero-order valence-electron chi connectivity index (χ0n) is 16.7. The van der Waals surface area contributed by atoms with Gasteiger partial charge in [-0.2, -0.15) is 0 Å². The van der Waals surface area contributed by atoms with Crippen molar-refractivity contribution < 1.29 is 19.1 Å². The summed E-state index contributed by atoms with van der Waals surface area (Å²) in [5.41, 5.74) is 6.71. The van der Waals surface area contributed by atoms with Crippen molar-refractivity contribution in [2.24, 2.45) is 11.1 Å². The number of carbonyl (C=O) groups is 2. The van der Waals surface area contributed by atoms with Gasteiger partial charge in [-0.1, -0.05) is 32.8 Å². The predicted molar refractivity (Wildman–Crippen MR) is 122 cm³/mol. The number of benzene rings is 1. The lowest BCUT2D eigenvalue weighted by Gasteiger charge is -2.29. The van der Waals surface area contributed by atoms with Crippen LogP contribution in [0.2, 0.25) is 0 Å². The van der Waals surface area contributed by atoms with Gasteiger partial charge < -0.3 is 21.1 Å². The minimum absolute atomic E-state index is 0.0472. The molecule has 1 unspecified atom stereocenters. The number of nitrogens with two attached hydrogens (primary N) is 1. The molecule has 160 valence electrons. The standard InChI is InChI=1S/C10H7FINOS.C10H20N2O2/c11-10-5-8(6-13-7-14)1-2-9(10)3-4-15-12;1-10(2,3)8(11)9(14)12-5-4-7(13)6-12/h1-2,5,7H,6H2,(H,13,14);7-8,13H,4-6,11H2,1-3H3/t;7?,8-/m.1/s1. The molecule has 0 aromatic heterocycles. The molecule has 1 aliphatic heterocycles. The van der Waals surface area contributed by atoms with E-state index in [9.17, 15) is 19.1 Å². The highest BCUT2D eigenvalue weighted by atomic mass is 127. The fraction of sp³-hybridized carbons (Fsp3) is 0.500. The maximum absolute atomic E-state index is 13.4. The molecule has 6 nitrogen and oxygen atoms in total. The van der Waals surface area contributed by atoms with E-state index in [1.54, 1.807) is 17.0 Å². The van der Waals surface area contributed by atoms with E-state index >= 15 is 0 Å². The van der Waals surface area contributed by atoms with Crippen molar-refractivity contribution in [2.45, 2.75) is 45.9 Å². The van der Waals surface area contributed by atoms with Gasteiger partial charge in [0, 0.05) is 40.8 Å². The van der Waals surface area contributed by atoms with Crippen LogP contribution in [-0.2, 0) is 16.1 Å². The summed E-state index contributed by atoms with van der Waals surface area (Å²) in [6.07, 6.45) is 0.882. The van der Waals surface area contributed by atoms with E-state index < -0.39 is 6.04 Å². The van der Waals surface area contributed by atoms with Crippen LogP contribution < -0.4 is 11.1 Å². The van der Waals surface area contributed by atoms with Crippen LogP contribution >= 0.6 is 30.1 Å². The Labute approximate surface area is 187 Å². The van der Waals surface area contributed by atoms with Crippen molar-refractivity contribution in [1.82, 2.24) is 10.2 Å². The zero-order valence-corrected chi connectivity index (χ0v) is 19.7. The number of aliphatic hydroxyl groups excluding tert-OH is 1. The molecule has 0 bridgehead atoms. The number of amides is 2. The number of rotatable bonds is 4. The third-order valence-corrected chi connectivity index (χ3v) is 5.16. The summed E-state index contributed by atoms with van der Waals surface area (Å²) in [7, 11) is 1.31. The maximum Gasteiger partial charge on any atom is 0.240 e.